The molecule has 1 N–H and O–H groups in total. The van der Waals surface area contributed by atoms with Crippen molar-refractivity contribution < 1.29 is 0 Å². The van der Waals surface area contributed by atoms with Gasteiger partial charge in [0.25, 0.3) is 0 Å². The molecule has 1 aromatic rings. The second-order valence-corrected chi connectivity index (χ2v) is 7.16. The Morgan fingerprint density at radius 1 is 1.10 bits per heavy atom. The second-order valence-electron chi connectivity index (χ2n) is 7.16. The molecule has 0 saturated carbocycles. The maximum atomic E-state index is 4.57. The largest absolute Gasteiger partial charge is 0.309 e. The fourth-order valence-electron chi connectivity index (χ4n) is 2.03. The molecular formula is C17H32N4. The van der Waals surface area contributed by atoms with Gasteiger partial charge in [-0.1, -0.05) is 6.07 Å². The minimum atomic E-state index is 0.144. The summed E-state index contributed by atoms with van der Waals surface area (Å²) in [5.74, 6) is 0. The molecule has 0 atom stereocenters. The summed E-state index contributed by atoms with van der Waals surface area (Å²) in [6, 6.07) is 4.32. The van der Waals surface area contributed by atoms with Gasteiger partial charge in [-0.3, -0.25) is 4.98 Å². The summed E-state index contributed by atoms with van der Waals surface area (Å²) >= 11 is 0. The lowest BCUT2D eigenvalue weighted by Gasteiger charge is -2.20. The summed E-state index contributed by atoms with van der Waals surface area (Å²) in [6.45, 7) is 10.6. The van der Waals surface area contributed by atoms with Gasteiger partial charge in [0.05, 0.1) is 5.69 Å². The first-order chi connectivity index (χ1) is 9.76. The monoisotopic (exact) mass is 292 g/mol. The summed E-state index contributed by atoms with van der Waals surface area (Å²) in [5.41, 5.74) is 2.52. The van der Waals surface area contributed by atoms with E-state index in [1.165, 1.54) is 12.0 Å². The fraction of sp³-hybridized carbons (Fsp3) is 0.706. The van der Waals surface area contributed by atoms with Crippen LogP contribution in [-0.4, -0.2) is 54.6 Å². The number of pyridine rings is 1. The van der Waals surface area contributed by atoms with E-state index >= 15 is 0 Å². The lowest BCUT2D eigenvalue weighted by Crippen LogP contribution is -2.35. The van der Waals surface area contributed by atoms with Gasteiger partial charge in [-0.05, 0) is 73.1 Å². The Labute approximate surface area is 130 Å². The van der Waals surface area contributed by atoms with E-state index in [2.05, 4.69) is 74.1 Å². The van der Waals surface area contributed by atoms with Gasteiger partial charge in [0.2, 0.25) is 0 Å². The zero-order chi connectivity index (χ0) is 15.9. The molecule has 1 heterocycles. The molecule has 0 radical (unpaired) electrons. The van der Waals surface area contributed by atoms with Gasteiger partial charge in [-0.25, -0.2) is 0 Å². The highest BCUT2D eigenvalue weighted by Crippen LogP contribution is 2.06. The van der Waals surface area contributed by atoms with Crippen LogP contribution in [0.2, 0.25) is 0 Å². The molecule has 0 spiro atoms. The van der Waals surface area contributed by atoms with Crippen LogP contribution in [0.25, 0.3) is 0 Å². The first-order valence-electron chi connectivity index (χ1n) is 7.78. The van der Waals surface area contributed by atoms with Gasteiger partial charge in [-0.2, -0.15) is 0 Å². The Hall–Kier alpha value is -0.970. The lowest BCUT2D eigenvalue weighted by atomic mass is 10.1. The Morgan fingerprint density at radius 3 is 2.33 bits per heavy atom. The van der Waals surface area contributed by atoms with Gasteiger partial charge >= 0.3 is 0 Å². The molecule has 120 valence electrons. The van der Waals surface area contributed by atoms with Crippen LogP contribution in [0.1, 0.15) is 38.4 Å². The van der Waals surface area contributed by atoms with Crippen molar-refractivity contribution in [3.63, 3.8) is 0 Å². The van der Waals surface area contributed by atoms with Crippen LogP contribution >= 0.6 is 0 Å². The molecule has 0 fully saturated rings. The normalized spacial score (nSPS) is 12.4. The molecule has 1 aromatic heterocycles. The van der Waals surface area contributed by atoms with Crippen LogP contribution in [-0.2, 0) is 13.1 Å². The zero-order valence-electron chi connectivity index (χ0n) is 14.6. The van der Waals surface area contributed by atoms with Crippen molar-refractivity contribution in [2.24, 2.45) is 0 Å². The van der Waals surface area contributed by atoms with Crippen LogP contribution in [0.15, 0.2) is 18.3 Å². The first-order valence-corrected chi connectivity index (χ1v) is 7.78. The molecule has 0 unspecified atom stereocenters. The van der Waals surface area contributed by atoms with Gasteiger partial charge in [0, 0.05) is 24.8 Å². The molecule has 0 aliphatic carbocycles. The van der Waals surface area contributed by atoms with Crippen molar-refractivity contribution in [2.45, 2.75) is 45.8 Å². The molecule has 21 heavy (non-hydrogen) atoms. The van der Waals surface area contributed by atoms with Crippen LogP contribution in [0.4, 0.5) is 0 Å². The van der Waals surface area contributed by atoms with Crippen molar-refractivity contribution in [2.75, 3.05) is 34.2 Å². The molecular weight excluding hydrogens is 260 g/mol. The van der Waals surface area contributed by atoms with Crippen LogP contribution in [0, 0.1) is 0 Å². The molecule has 4 nitrogen and oxygen atoms in total. The Bertz CT molecular complexity index is 392. The van der Waals surface area contributed by atoms with Gasteiger partial charge in [-0.15, -0.1) is 0 Å². The van der Waals surface area contributed by atoms with E-state index in [0.717, 1.165) is 31.9 Å². The highest BCUT2D eigenvalue weighted by molar-refractivity contribution is 5.14. The second kappa shape index (κ2) is 8.47. The minimum absolute atomic E-state index is 0.144. The zero-order valence-corrected chi connectivity index (χ0v) is 14.6. The first kappa shape index (κ1) is 18.1. The summed E-state index contributed by atoms with van der Waals surface area (Å²) in [6.07, 6.45) is 3.18. The average Bonchev–Trinajstić information content (AvgIpc) is 2.36. The molecule has 1 rings (SSSR count). The molecule has 0 aliphatic heterocycles. The average molecular weight is 292 g/mol. The Balaban J connectivity index is 2.36. The van der Waals surface area contributed by atoms with E-state index < -0.39 is 0 Å². The molecule has 0 aromatic carbocycles. The van der Waals surface area contributed by atoms with E-state index in [0.29, 0.717) is 0 Å². The predicted molar refractivity (Wildman–Crippen MR) is 90.3 cm³/mol. The van der Waals surface area contributed by atoms with E-state index in [-0.39, 0.29) is 5.54 Å². The number of nitrogens with one attached hydrogen (secondary N) is 1. The van der Waals surface area contributed by atoms with E-state index in [9.17, 15) is 0 Å². The smallest absolute Gasteiger partial charge is 0.0544 e. The molecule has 0 saturated heterocycles. The summed E-state index contributed by atoms with van der Waals surface area (Å²) in [5, 5.41) is 3.48. The maximum Gasteiger partial charge on any atom is 0.0544 e. The number of rotatable bonds is 8. The fourth-order valence-corrected chi connectivity index (χ4v) is 2.03. The Kier molecular flexibility index (Phi) is 7.29. The minimum Gasteiger partial charge on any atom is -0.309 e. The summed E-state index contributed by atoms with van der Waals surface area (Å²) < 4.78 is 0. The quantitative estimate of drug-likeness (QED) is 0.797. The van der Waals surface area contributed by atoms with Crippen molar-refractivity contribution in [3.8, 4) is 0 Å². The maximum absolute atomic E-state index is 4.57. The van der Waals surface area contributed by atoms with Crippen LogP contribution in [0.3, 0.4) is 0 Å². The lowest BCUT2D eigenvalue weighted by molar-refractivity contribution is 0.292. The van der Waals surface area contributed by atoms with Crippen LogP contribution < -0.4 is 5.32 Å². The van der Waals surface area contributed by atoms with E-state index in [1.54, 1.807) is 0 Å². The van der Waals surface area contributed by atoms with Crippen molar-refractivity contribution >= 4 is 0 Å². The van der Waals surface area contributed by atoms with Gasteiger partial charge < -0.3 is 15.1 Å². The highest BCUT2D eigenvalue weighted by atomic mass is 15.1. The third-order valence-corrected chi connectivity index (χ3v) is 3.29. The number of hydrogen-bond donors (Lipinski definition) is 1. The van der Waals surface area contributed by atoms with Crippen molar-refractivity contribution in [1.29, 1.82) is 0 Å². The summed E-state index contributed by atoms with van der Waals surface area (Å²) in [7, 11) is 6.39. The third kappa shape index (κ3) is 8.81. The van der Waals surface area contributed by atoms with Gasteiger partial charge in [0.15, 0.2) is 0 Å². The summed E-state index contributed by atoms with van der Waals surface area (Å²) in [4.78, 5) is 9.13. The van der Waals surface area contributed by atoms with Gasteiger partial charge in [0.1, 0.15) is 0 Å². The van der Waals surface area contributed by atoms with E-state index in [4.69, 9.17) is 0 Å². The topological polar surface area (TPSA) is 31.4 Å². The van der Waals surface area contributed by atoms with Crippen molar-refractivity contribution in [3.05, 3.63) is 29.6 Å². The predicted octanol–water partition coefficient (Wildman–Crippen LogP) is 2.35. The molecule has 0 aliphatic rings. The molecule has 0 amide bonds. The molecule has 0 bridgehead atoms. The van der Waals surface area contributed by atoms with Crippen molar-refractivity contribution in [1.82, 2.24) is 20.1 Å². The SMILES string of the molecule is CN(C)CCCN(C)Cc1ccc(CNC(C)(C)C)cn1. The standard InChI is InChI=1S/C17H32N4/c1-17(2,3)19-13-15-8-9-16(18-12-15)14-21(6)11-7-10-20(4)5/h8-9,12,19H,7,10-11,13-14H2,1-6H3. The third-order valence-electron chi connectivity index (χ3n) is 3.29. The number of aromatic nitrogens is 1. The number of nitrogens with zero attached hydrogens (tertiary/aromatic N) is 3. The number of hydrogen-bond acceptors (Lipinski definition) is 4. The molecule has 4 heteroatoms. The van der Waals surface area contributed by atoms with Crippen LogP contribution in [0.5, 0.6) is 0 Å². The van der Waals surface area contributed by atoms with E-state index in [1.807, 2.05) is 6.20 Å². The Morgan fingerprint density at radius 2 is 1.81 bits per heavy atom. The highest BCUT2D eigenvalue weighted by Gasteiger charge is 2.08.